The maximum atomic E-state index is 11.1. The van der Waals surface area contributed by atoms with E-state index in [1.807, 2.05) is 0 Å². The molecule has 62 valence electrons. The van der Waals surface area contributed by atoms with Crippen molar-refractivity contribution in [3.63, 3.8) is 0 Å². The molecular formula is C8H13NO2. The Morgan fingerprint density at radius 1 is 1.64 bits per heavy atom. The van der Waals surface area contributed by atoms with Crippen LogP contribution in [0.4, 0.5) is 0 Å². The van der Waals surface area contributed by atoms with Gasteiger partial charge in [0.25, 0.3) is 0 Å². The first-order valence-corrected chi connectivity index (χ1v) is 4.10. The van der Waals surface area contributed by atoms with Crippen molar-refractivity contribution in [2.75, 3.05) is 13.7 Å². The smallest absolute Gasteiger partial charge is 0.323 e. The molecule has 1 unspecified atom stereocenters. The van der Waals surface area contributed by atoms with E-state index in [0.29, 0.717) is 5.41 Å². The third-order valence-corrected chi connectivity index (χ3v) is 3.06. The van der Waals surface area contributed by atoms with E-state index in [4.69, 9.17) is 0 Å². The molecule has 2 aliphatic rings. The molecule has 0 aromatic rings. The topological polar surface area (TPSA) is 38.3 Å². The minimum Gasteiger partial charge on any atom is -0.468 e. The predicted molar refractivity (Wildman–Crippen MR) is 40.1 cm³/mol. The second-order valence-electron chi connectivity index (χ2n) is 3.55. The van der Waals surface area contributed by atoms with Gasteiger partial charge in [0.1, 0.15) is 6.04 Å². The van der Waals surface area contributed by atoms with Gasteiger partial charge in [-0.25, -0.2) is 0 Å². The zero-order valence-corrected chi connectivity index (χ0v) is 6.72. The summed E-state index contributed by atoms with van der Waals surface area (Å²) in [6, 6.07) is 0.00116. The molecule has 0 aromatic carbocycles. The molecule has 1 aliphatic carbocycles. The zero-order chi connectivity index (χ0) is 7.90. The maximum Gasteiger partial charge on any atom is 0.323 e. The first kappa shape index (κ1) is 7.10. The van der Waals surface area contributed by atoms with E-state index in [1.165, 1.54) is 26.4 Å². The fraction of sp³-hybridized carbons (Fsp3) is 0.875. The Morgan fingerprint density at radius 2 is 2.36 bits per heavy atom. The van der Waals surface area contributed by atoms with Gasteiger partial charge in [-0.2, -0.15) is 0 Å². The minimum absolute atomic E-state index is 0.00116. The average molecular weight is 155 g/mol. The van der Waals surface area contributed by atoms with E-state index in [-0.39, 0.29) is 12.0 Å². The van der Waals surface area contributed by atoms with E-state index >= 15 is 0 Å². The third kappa shape index (κ3) is 0.805. The van der Waals surface area contributed by atoms with Crippen molar-refractivity contribution in [2.45, 2.75) is 25.3 Å². The van der Waals surface area contributed by atoms with E-state index < -0.39 is 0 Å². The van der Waals surface area contributed by atoms with E-state index in [1.54, 1.807) is 0 Å². The van der Waals surface area contributed by atoms with Gasteiger partial charge in [-0.3, -0.25) is 4.79 Å². The molecule has 3 heteroatoms. The highest BCUT2D eigenvalue weighted by Crippen LogP contribution is 2.48. The molecule has 0 amide bonds. The summed E-state index contributed by atoms with van der Waals surface area (Å²) < 4.78 is 4.68. The summed E-state index contributed by atoms with van der Waals surface area (Å²) in [5.74, 6) is -0.0871. The second-order valence-corrected chi connectivity index (χ2v) is 3.55. The number of nitrogens with one attached hydrogen (secondary N) is 1. The Balaban J connectivity index is 2.00. The first-order valence-electron chi connectivity index (χ1n) is 4.10. The van der Waals surface area contributed by atoms with E-state index in [0.717, 1.165) is 6.54 Å². The van der Waals surface area contributed by atoms with Crippen LogP contribution in [0.1, 0.15) is 19.3 Å². The SMILES string of the molecule is COC(=O)C1NCC12CCC2. The van der Waals surface area contributed by atoms with Crippen LogP contribution in [0.2, 0.25) is 0 Å². The number of hydrogen-bond donors (Lipinski definition) is 1. The lowest BCUT2D eigenvalue weighted by molar-refractivity contribution is -0.156. The molecule has 0 bridgehead atoms. The second kappa shape index (κ2) is 2.21. The molecule has 0 radical (unpaired) electrons. The van der Waals surface area contributed by atoms with Crippen LogP contribution in [0.3, 0.4) is 0 Å². The summed E-state index contributed by atoms with van der Waals surface area (Å²) in [7, 11) is 1.45. The Labute approximate surface area is 66.1 Å². The monoisotopic (exact) mass is 155 g/mol. The van der Waals surface area contributed by atoms with Crippen molar-refractivity contribution in [1.29, 1.82) is 0 Å². The normalized spacial score (nSPS) is 32.3. The van der Waals surface area contributed by atoms with E-state index in [2.05, 4.69) is 10.1 Å². The number of ether oxygens (including phenoxy) is 1. The van der Waals surface area contributed by atoms with Gasteiger partial charge in [-0.1, -0.05) is 6.42 Å². The predicted octanol–water partition coefficient (Wildman–Crippen LogP) is 0.301. The third-order valence-electron chi connectivity index (χ3n) is 3.06. The molecule has 3 nitrogen and oxygen atoms in total. The fourth-order valence-corrected chi connectivity index (χ4v) is 2.04. The number of carbonyl (C=O) groups is 1. The highest BCUT2D eigenvalue weighted by molar-refractivity contribution is 5.78. The van der Waals surface area contributed by atoms with Crippen molar-refractivity contribution >= 4 is 5.97 Å². The van der Waals surface area contributed by atoms with Crippen LogP contribution in [-0.4, -0.2) is 25.7 Å². The maximum absolute atomic E-state index is 11.1. The largest absolute Gasteiger partial charge is 0.468 e. The molecule has 1 N–H and O–H groups in total. The molecular weight excluding hydrogens is 142 g/mol. The molecule has 11 heavy (non-hydrogen) atoms. The van der Waals surface area contributed by atoms with Crippen LogP contribution in [-0.2, 0) is 9.53 Å². The lowest BCUT2D eigenvalue weighted by atomic mass is 9.59. The molecule has 2 fully saturated rings. The Morgan fingerprint density at radius 3 is 2.64 bits per heavy atom. The Bertz CT molecular complexity index is 181. The Hall–Kier alpha value is -0.570. The van der Waals surface area contributed by atoms with Crippen LogP contribution < -0.4 is 5.32 Å². The van der Waals surface area contributed by atoms with Crippen molar-refractivity contribution < 1.29 is 9.53 Å². The quantitative estimate of drug-likeness (QED) is 0.553. The average Bonchev–Trinajstić information content (AvgIpc) is 1.82. The van der Waals surface area contributed by atoms with Gasteiger partial charge >= 0.3 is 5.97 Å². The number of rotatable bonds is 1. The highest BCUT2D eigenvalue weighted by Gasteiger charge is 2.54. The minimum atomic E-state index is -0.0871. The lowest BCUT2D eigenvalue weighted by Gasteiger charge is -2.54. The molecule has 0 aromatic heterocycles. The van der Waals surface area contributed by atoms with Crippen molar-refractivity contribution in [3.05, 3.63) is 0 Å². The number of esters is 1. The Kier molecular flexibility index (Phi) is 1.42. The summed E-state index contributed by atoms with van der Waals surface area (Å²) in [4.78, 5) is 11.1. The summed E-state index contributed by atoms with van der Waals surface area (Å²) in [5, 5.41) is 3.11. The summed E-state index contributed by atoms with van der Waals surface area (Å²) in [6.07, 6.45) is 3.66. The highest BCUT2D eigenvalue weighted by atomic mass is 16.5. The number of methoxy groups -OCH3 is 1. The molecule has 2 rings (SSSR count). The fourth-order valence-electron chi connectivity index (χ4n) is 2.04. The van der Waals surface area contributed by atoms with Crippen molar-refractivity contribution in [2.24, 2.45) is 5.41 Å². The zero-order valence-electron chi connectivity index (χ0n) is 6.72. The molecule has 1 heterocycles. The van der Waals surface area contributed by atoms with E-state index in [9.17, 15) is 4.79 Å². The van der Waals surface area contributed by atoms with Crippen molar-refractivity contribution in [1.82, 2.24) is 5.32 Å². The van der Waals surface area contributed by atoms with Crippen LogP contribution >= 0.6 is 0 Å². The lowest BCUT2D eigenvalue weighted by Crippen LogP contribution is -2.68. The van der Waals surface area contributed by atoms with Gasteiger partial charge in [0, 0.05) is 12.0 Å². The van der Waals surface area contributed by atoms with Gasteiger partial charge in [-0.05, 0) is 12.8 Å². The summed E-state index contributed by atoms with van der Waals surface area (Å²) in [6.45, 7) is 1.01. The van der Waals surface area contributed by atoms with Gasteiger partial charge in [0.2, 0.25) is 0 Å². The van der Waals surface area contributed by atoms with Gasteiger partial charge in [0.05, 0.1) is 7.11 Å². The number of carbonyl (C=O) groups excluding carboxylic acids is 1. The summed E-state index contributed by atoms with van der Waals surface area (Å²) >= 11 is 0. The molecule has 1 spiro atoms. The molecule has 1 atom stereocenters. The standard InChI is InChI=1S/C8H13NO2/c1-11-7(10)6-8(5-9-6)3-2-4-8/h6,9H,2-5H2,1H3. The van der Waals surface area contributed by atoms with Gasteiger partial charge < -0.3 is 10.1 Å². The van der Waals surface area contributed by atoms with Gasteiger partial charge in [0.15, 0.2) is 0 Å². The molecule has 1 aliphatic heterocycles. The first-order chi connectivity index (χ1) is 5.28. The van der Waals surface area contributed by atoms with Gasteiger partial charge in [-0.15, -0.1) is 0 Å². The number of hydrogen-bond acceptors (Lipinski definition) is 3. The van der Waals surface area contributed by atoms with Crippen molar-refractivity contribution in [3.8, 4) is 0 Å². The van der Waals surface area contributed by atoms with Crippen LogP contribution in [0.15, 0.2) is 0 Å². The molecule has 1 saturated heterocycles. The molecule has 1 saturated carbocycles. The van der Waals surface area contributed by atoms with Crippen LogP contribution in [0.25, 0.3) is 0 Å². The van der Waals surface area contributed by atoms with Crippen LogP contribution in [0, 0.1) is 5.41 Å². The van der Waals surface area contributed by atoms with Crippen LogP contribution in [0.5, 0.6) is 0 Å². The summed E-state index contributed by atoms with van der Waals surface area (Å²) in [5.41, 5.74) is 0.299.